The van der Waals surface area contributed by atoms with Crippen LogP contribution in [0.4, 0.5) is 0 Å². The molecule has 0 radical (unpaired) electrons. The van der Waals surface area contributed by atoms with E-state index in [2.05, 4.69) is 54.2 Å². The van der Waals surface area contributed by atoms with E-state index in [4.69, 9.17) is 5.10 Å². The zero-order chi connectivity index (χ0) is 22.7. The van der Waals surface area contributed by atoms with Gasteiger partial charge in [0.1, 0.15) is 0 Å². The van der Waals surface area contributed by atoms with Crippen molar-refractivity contribution in [3.8, 4) is 17.3 Å². The molecule has 1 N–H and O–H groups in total. The molecule has 7 heteroatoms. The van der Waals surface area contributed by atoms with E-state index >= 15 is 0 Å². The number of hydrogen-bond donors (Lipinski definition) is 1. The summed E-state index contributed by atoms with van der Waals surface area (Å²) in [6, 6.07) is 11.2. The zero-order valence-electron chi connectivity index (χ0n) is 19.2. The van der Waals surface area contributed by atoms with E-state index in [1.165, 1.54) is 11.3 Å². The summed E-state index contributed by atoms with van der Waals surface area (Å²) in [4.78, 5) is 0. The molecule has 5 rings (SSSR count). The molecule has 6 nitrogen and oxygen atoms in total. The molecular formula is C25H32N4O2S. The summed E-state index contributed by atoms with van der Waals surface area (Å²) in [5.41, 5.74) is 5.38. The topological polar surface area (TPSA) is 87.8 Å². The molecular weight excluding hydrogens is 420 g/mol. The van der Waals surface area contributed by atoms with E-state index < -0.39 is 9.84 Å². The normalized spacial score (nSPS) is 24.4. The molecule has 1 saturated heterocycles. The summed E-state index contributed by atoms with van der Waals surface area (Å²) in [7, 11) is -2.84. The summed E-state index contributed by atoms with van der Waals surface area (Å²) in [5, 5.41) is 18.2. The number of nitrogens with one attached hydrogen (secondary N) is 1. The fraction of sp³-hybridized carbons (Fsp3) is 0.600. The third-order valence-electron chi connectivity index (χ3n) is 7.44. The Bertz CT molecular complexity index is 1190. The zero-order valence-corrected chi connectivity index (χ0v) is 20.0. The van der Waals surface area contributed by atoms with E-state index in [9.17, 15) is 13.7 Å². The Morgan fingerprint density at radius 1 is 1.31 bits per heavy atom. The van der Waals surface area contributed by atoms with E-state index in [1.54, 1.807) is 0 Å². The lowest BCUT2D eigenvalue weighted by molar-refractivity contribution is 0.326. The van der Waals surface area contributed by atoms with Crippen molar-refractivity contribution in [2.24, 2.45) is 5.92 Å². The van der Waals surface area contributed by atoms with Crippen molar-refractivity contribution in [2.45, 2.75) is 69.9 Å². The lowest BCUT2D eigenvalue weighted by Crippen LogP contribution is -2.62. The largest absolute Gasteiger partial charge is 0.309 e. The van der Waals surface area contributed by atoms with E-state index in [0.29, 0.717) is 5.92 Å². The van der Waals surface area contributed by atoms with Gasteiger partial charge in [-0.15, -0.1) is 0 Å². The molecule has 1 aliphatic heterocycles. The average molecular weight is 453 g/mol. The van der Waals surface area contributed by atoms with Crippen molar-refractivity contribution in [2.75, 3.05) is 18.1 Å². The molecule has 32 heavy (non-hydrogen) atoms. The smallest absolute Gasteiger partial charge is 0.153 e. The fourth-order valence-corrected chi connectivity index (χ4v) is 7.58. The second-order valence-electron chi connectivity index (χ2n) is 10.7. The highest BCUT2D eigenvalue weighted by molar-refractivity contribution is 7.93. The Hall–Kier alpha value is -2.17. The molecule has 0 bridgehead atoms. The number of fused-ring (bicyclic) bond motifs is 1. The molecule has 1 aromatic heterocycles. The summed E-state index contributed by atoms with van der Waals surface area (Å²) in [6.07, 6.45) is 4.90. The summed E-state index contributed by atoms with van der Waals surface area (Å²) in [6.45, 7) is 7.19. The van der Waals surface area contributed by atoms with Crippen LogP contribution in [0.1, 0.15) is 62.9 Å². The Labute approximate surface area is 190 Å². The Morgan fingerprint density at radius 2 is 2.06 bits per heavy atom. The molecule has 2 fully saturated rings. The van der Waals surface area contributed by atoms with Crippen molar-refractivity contribution < 1.29 is 8.42 Å². The number of nitriles is 1. The van der Waals surface area contributed by atoms with Crippen LogP contribution in [-0.4, -0.2) is 41.8 Å². The first-order valence-electron chi connectivity index (χ1n) is 11.7. The third kappa shape index (κ3) is 3.78. The minimum absolute atomic E-state index is 0.243. The van der Waals surface area contributed by atoms with Gasteiger partial charge in [0, 0.05) is 28.4 Å². The van der Waals surface area contributed by atoms with Crippen molar-refractivity contribution in [1.29, 1.82) is 5.26 Å². The van der Waals surface area contributed by atoms with Crippen molar-refractivity contribution in [3.05, 3.63) is 41.1 Å². The minimum Gasteiger partial charge on any atom is -0.309 e. The predicted octanol–water partition coefficient (Wildman–Crippen LogP) is 3.57. The molecule has 3 aliphatic rings. The maximum atomic E-state index is 11.6. The Morgan fingerprint density at radius 3 is 2.69 bits per heavy atom. The van der Waals surface area contributed by atoms with Gasteiger partial charge < -0.3 is 5.32 Å². The summed E-state index contributed by atoms with van der Waals surface area (Å²) in [5.74, 6) is 0.962. The number of rotatable bonds is 6. The summed E-state index contributed by atoms with van der Waals surface area (Å²) < 4.78 is 25.4. The van der Waals surface area contributed by atoms with Crippen LogP contribution in [0.2, 0.25) is 0 Å². The van der Waals surface area contributed by atoms with Gasteiger partial charge >= 0.3 is 0 Å². The van der Waals surface area contributed by atoms with Crippen molar-refractivity contribution in [3.63, 3.8) is 0 Å². The lowest BCUT2D eigenvalue weighted by Gasteiger charge is -2.40. The highest BCUT2D eigenvalue weighted by Crippen LogP contribution is 2.48. The Kier molecular flexibility index (Phi) is 5.03. The second kappa shape index (κ2) is 7.43. The monoisotopic (exact) mass is 452 g/mol. The third-order valence-corrected chi connectivity index (χ3v) is 9.59. The second-order valence-corrected chi connectivity index (χ2v) is 12.7. The van der Waals surface area contributed by atoms with Gasteiger partial charge in [-0.3, -0.25) is 4.68 Å². The van der Waals surface area contributed by atoms with Crippen LogP contribution in [0.5, 0.6) is 0 Å². The first-order valence-corrected chi connectivity index (χ1v) is 13.5. The van der Waals surface area contributed by atoms with E-state index in [0.717, 1.165) is 55.5 Å². The van der Waals surface area contributed by atoms with Crippen LogP contribution in [0, 0.1) is 17.2 Å². The highest BCUT2D eigenvalue weighted by Gasteiger charge is 2.45. The Balaban J connectivity index is 1.39. The molecule has 2 aromatic rings. The van der Waals surface area contributed by atoms with Crippen LogP contribution in [0.25, 0.3) is 11.3 Å². The molecule has 170 valence electrons. The first kappa shape index (κ1) is 21.7. The van der Waals surface area contributed by atoms with E-state index in [-0.39, 0.29) is 28.5 Å². The van der Waals surface area contributed by atoms with Gasteiger partial charge in [0.2, 0.25) is 0 Å². The molecule has 2 aliphatic carbocycles. The van der Waals surface area contributed by atoms with Gasteiger partial charge in [-0.25, -0.2) is 8.42 Å². The van der Waals surface area contributed by atoms with Crippen LogP contribution in [-0.2, 0) is 28.1 Å². The van der Waals surface area contributed by atoms with Crippen LogP contribution >= 0.6 is 0 Å². The van der Waals surface area contributed by atoms with Gasteiger partial charge in [-0.05, 0) is 77.0 Å². The fourth-order valence-electron chi connectivity index (χ4n) is 5.52. The number of benzene rings is 1. The molecule has 0 spiro atoms. The van der Waals surface area contributed by atoms with Crippen LogP contribution in [0.15, 0.2) is 24.3 Å². The van der Waals surface area contributed by atoms with Gasteiger partial charge in [0.25, 0.3) is 0 Å². The molecule has 0 amide bonds. The molecule has 0 unspecified atom stereocenters. The maximum absolute atomic E-state index is 11.6. The highest BCUT2D eigenvalue weighted by atomic mass is 32.2. The number of hydrogen-bond acceptors (Lipinski definition) is 5. The van der Waals surface area contributed by atoms with Gasteiger partial charge in [-0.2, -0.15) is 10.4 Å². The first-order chi connectivity index (χ1) is 15.1. The number of nitrogens with zero attached hydrogens (tertiary/aromatic N) is 3. The lowest BCUT2D eigenvalue weighted by atomic mass is 9.84. The average Bonchev–Trinajstić information content (AvgIpc) is 3.44. The SMILES string of the molecule is CC(C)n1nc(-c2cccc(C3(C#N)CC3)c2)c2c1C[C@H](CNC1(C)CS(=O)(=O)C1)CC2. The molecule has 2 heterocycles. The van der Waals surface area contributed by atoms with Crippen LogP contribution < -0.4 is 5.32 Å². The number of aromatic nitrogens is 2. The number of sulfone groups is 1. The molecule has 1 saturated carbocycles. The standard InChI is InChI=1S/C25H32N4O2S/c1-17(2)29-22-11-18(13-27-24(3)15-32(30,31)16-24)7-8-21(22)23(28-29)19-5-4-6-20(12-19)25(14-26)9-10-25/h4-6,12,17-18,27H,7-11,13,15-16H2,1-3H3/t18-/m1/s1. The van der Waals surface area contributed by atoms with Crippen LogP contribution in [0.3, 0.4) is 0 Å². The molecule has 1 atom stereocenters. The van der Waals surface area contributed by atoms with Gasteiger partial charge in [-0.1, -0.05) is 18.2 Å². The quantitative estimate of drug-likeness (QED) is 0.724. The summed E-state index contributed by atoms with van der Waals surface area (Å²) >= 11 is 0. The van der Waals surface area contributed by atoms with Gasteiger partial charge in [0.05, 0.1) is 28.7 Å². The van der Waals surface area contributed by atoms with Crippen molar-refractivity contribution >= 4 is 9.84 Å². The van der Waals surface area contributed by atoms with E-state index in [1.807, 2.05) is 6.92 Å². The van der Waals surface area contributed by atoms with Gasteiger partial charge in [0.15, 0.2) is 9.84 Å². The molecule has 1 aromatic carbocycles. The predicted molar refractivity (Wildman–Crippen MR) is 125 cm³/mol. The van der Waals surface area contributed by atoms with Crippen molar-refractivity contribution in [1.82, 2.24) is 15.1 Å². The minimum atomic E-state index is -2.84. The maximum Gasteiger partial charge on any atom is 0.153 e.